The zero-order chi connectivity index (χ0) is 18.7. The first-order valence-electron chi connectivity index (χ1n) is 8.06. The van der Waals surface area contributed by atoms with E-state index in [1.165, 1.54) is 23.9 Å². The van der Waals surface area contributed by atoms with E-state index < -0.39 is 11.7 Å². The largest absolute Gasteiger partial charge is 0.416 e. The molecule has 0 aliphatic carbocycles. The minimum Gasteiger partial charge on any atom is -0.347 e. The fraction of sp³-hybridized carbons (Fsp3) is 0.211. The van der Waals surface area contributed by atoms with Crippen molar-refractivity contribution in [1.82, 2.24) is 4.57 Å². The second-order valence-corrected chi connectivity index (χ2v) is 6.73. The number of aromatic nitrogens is 1. The number of anilines is 1. The second-order valence-electron chi connectivity index (χ2n) is 5.71. The Morgan fingerprint density at radius 1 is 1.15 bits per heavy atom. The van der Waals surface area contributed by atoms with Gasteiger partial charge in [0.1, 0.15) is 0 Å². The maximum absolute atomic E-state index is 12.7. The van der Waals surface area contributed by atoms with E-state index in [-0.39, 0.29) is 17.3 Å². The highest BCUT2D eigenvalue weighted by atomic mass is 32.2. The maximum atomic E-state index is 12.7. The zero-order valence-electron chi connectivity index (χ0n) is 14.0. The SMILES string of the molecule is CCn1cc(SCC(=O)Nc2cccc(C(F)(F)F)c2)c2ccccc21. The highest BCUT2D eigenvalue weighted by molar-refractivity contribution is 8.00. The molecule has 0 aliphatic heterocycles. The van der Waals surface area contributed by atoms with Crippen molar-refractivity contribution in [1.29, 1.82) is 0 Å². The van der Waals surface area contributed by atoms with E-state index in [2.05, 4.69) is 9.88 Å². The summed E-state index contributed by atoms with van der Waals surface area (Å²) >= 11 is 1.37. The molecule has 1 amide bonds. The molecule has 0 bridgehead atoms. The molecule has 7 heteroatoms. The van der Waals surface area contributed by atoms with Gasteiger partial charge in [-0.2, -0.15) is 13.2 Å². The number of nitrogens with one attached hydrogen (secondary N) is 1. The highest BCUT2D eigenvalue weighted by Crippen LogP contribution is 2.32. The normalized spacial score (nSPS) is 11.7. The number of fused-ring (bicyclic) bond motifs is 1. The number of hydrogen-bond donors (Lipinski definition) is 1. The fourth-order valence-corrected chi connectivity index (χ4v) is 3.59. The van der Waals surface area contributed by atoms with Gasteiger partial charge in [-0.25, -0.2) is 0 Å². The first kappa shape index (κ1) is 18.4. The quantitative estimate of drug-likeness (QED) is 0.602. The molecule has 3 aromatic rings. The average Bonchev–Trinajstić information content (AvgIpc) is 2.97. The highest BCUT2D eigenvalue weighted by Gasteiger charge is 2.30. The van der Waals surface area contributed by atoms with E-state index in [0.29, 0.717) is 0 Å². The number of rotatable bonds is 5. The van der Waals surface area contributed by atoms with Crippen LogP contribution in [-0.4, -0.2) is 16.2 Å². The van der Waals surface area contributed by atoms with Gasteiger partial charge in [0.15, 0.2) is 0 Å². The van der Waals surface area contributed by atoms with Gasteiger partial charge in [-0.1, -0.05) is 24.3 Å². The Morgan fingerprint density at radius 2 is 1.92 bits per heavy atom. The molecule has 136 valence electrons. The predicted octanol–water partition coefficient (Wildman–Crippen LogP) is 5.41. The first-order chi connectivity index (χ1) is 12.4. The number of amides is 1. The van der Waals surface area contributed by atoms with Crippen LogP contribution < -0.4 is 5.32 Å². The Kier molecular flexibility index (Phi) is 5.27. The number of carbonyl (C=O) groups excluding carboxylic acids is 1. The molecule has 0 radical (unpaired) electrons. The van der Waals surface area contributed by atoms with E-state index in [1.807, 2.05) is 37.4 Å². The maximum Gasteiger partial charge on any atom is 0.416 e. The monoisotopic (exact) mass is 378 g/mol. The number of thioether (sulfide) groups is 1. The number of halogens is 3. The van der Waals surface area contributed by atoms with Crippen molar-refractivity contribution >= 4 is 34.3 Å². The molecule has 1 aromatic heterocycles. The summed E-state index contributed by atoms with van der Waals surface area (Å²) < 4.78 is 40.3. The average molecular weight is 378 g/mol. The number of nitrogens with zero attached hydrogens (tertiary/aromatic N) is 1. The van der Waals surface area contributed by atoms with Gasteiger partial charge < -0.3 is 9.88 Å². The lowest BCUT2D eigenvalue weighted by Gasteiger charge is -2.09. The van der Waals surface area contributed by atoms with Crippen LogP contribution in [0.3, 0.4) is 0 Å². The summed E-state index contributed by atoms with van der Waals surface area (Å²) in [5, 5.41) is 3.59. The molecule has 0 aliphatic rings. The van der Waals surface area contributed by atoms with Crippen LogP contribution in [0.15, 0.2) is 59.6 Å². The van der Waals surface area contributed by atoms with Crippen LogP contribution in [-0.2, 0) is 17.5 Å². The third kappa shape index (κ3) is 4.04. The van der Waals surface area contributed by atoms with Crippen LogP contribution in [0.4, 0.5) is 18.9 Å². The first-order valence-corrected chi connectivity index (χ1v) is 9.05. The van der Waals surface area contributed by atoms with Gasteiger partial charge >= 0.3 is 6.18 Å². The smallest absolute Gasteiger partial charge is 0.347 e. The second kappa shape index (κ2) is 7.45. The molecule has 3 rings (SSSR count). The number of alkyl halides is 3. The number of hydrogen-bond acceptors (Lipinski definition) is 2. The van der Waals surface area contributed by atoms with Crippen LogP contribution in [0.5, 0.6) is 0 Å². The summed E-state index contributed by atoms with van der Waals surface area (Å²) in [7, 11) is 0. The molecule has 0 fully saturated rings. The van der Waals surface area contributed by atoms with E-state index in [9.17, 15) is 18.0 Å². The zero-order valence-corrected chi connectivity index (χ0v) is 14.8. The van der Waals surface area contributed by atoms with Crippen LogP contribution in [0, 0.1) is 0 Å². The minimum absolute atomic E-state index is 0.119. The van der Waals surface area contributed by atoms with Crippen LogP contribution in [0.1, 0.15) is 12.5 Å². The topological polar surface area (TPSA) is 34.0 Å². The molecule has 2 aromatic carbocycles. The van der Waals surface area contributed by atoms with E-state index in [1.54, 1.807) is 0 Å². The summed E-state index contributed by atoms with van der Waals surface area (Å²) in [4.78, 5) is 13.1. The van der Waals surface area contributed by atoms with E-state index in [0.717, 1.165) is 34.5 Å². The molecule has 1 N–H and O–H groups in total. The lowest BCUT2D eigenvalue weighted by Crippen LogP contribution is -2.15. The summed E-state index contributed by atoms with van der Waals surface area (Å²) in [6.07, 6.45) is -2.44. The molecule has 26 heavy (non-hydrogen) atoms. The fourth-order valence-electron chi connectivity index (χ4n) is 2.70. The van der Waals surface area contributed by atoms with Gasteiger partial charge in [-0.3, -0.25) is 4.79 Å². The Labute approximate surface area is 153 Å². The molecule has 0 atom stereocenters. The van der Waals surface area contributed by atoms with Gasteiger partial charge in [0, 0.05) is 34.2 Å². The van der Waals surface area contributed by atoms with Crippen molar-refractivity contribution in [3.8, 4) is 0 Å². The standard InChI is InChI=1S/C19H17F3N2OS/c1-2-24-11-17(15-8-3-4-9-16(15)24)26-12-18(25)23-14-7-5-6-13(10-14)19(20,21)22/h3-11H,2,12H2,1H3,(H,23,25). The van der Waals surface area contributed by atoms with Gasteiger partial charge in [-0.15, -0.1) is 11.8 Å². The van der Waals surface area contributed by atoms with Crippen molar-refractivity contribution in [2.75, 3.05) is 11.1 Å². The van der Waals surface area contributed by atoms with E-state index in [4.69, 9.17) is 0 Å². The Bertz CT molecular complexity index is 934. The third-order valence-corrected chi connectivity index (χ3v) is 4.97. The molecular formula is C19H17F3N2OS. The third-order valence-electron chi connectivity index (χ3n) is 3.93. The van der Waals surface area contributed by atoms with Crippen molar-refractivity contribution in [2.24, 2.45) is 0 Å². The van der Waals surface area contributed by atoms with Gasteiger partial charge in [0.05, 0.1) is 11.3 Å². The molecule has 0 spiro atoms. The van der Waals surface area contributed by atoms with Crippen LogP contribution in [0.2, 0.25) is 0 Å². The van der Waals surface area contributed by atoms with Crippen molar-refractivity contribution < 1.29 is 18.0 Å². The predicted molar refractivity (Wildman–Crippen MR) is 98.4 cm³/mol. The molecule has 3 nitrogen and oxygen atoms in total. The lowest BCUT2D eigenvalue weighted by molar-refractivity contribution is -0.137. The summed E-state index contributed by atoms with van der Waals surface area (Å²) in [5.41, 5.74) is 0.450. The summed E-state index contributed by atoms with van der Waals surface area (Å²) in [5.74, 6) is -0.226. The van der Waals surface area contributed by atoms with Gasteiger partial charge in [0.25, 0.3) is 0 Å². The van der Waals surface area contributed by atoms with Gasteiger partial charge in [-0.05, 0) is 31.2 Å². The molecule has 0 saturated heterocycles. The van der Waals surface area contributed by atoms with Crippen LogP contribution in [0.25, 0.3) is 10.9 Å². The molecule has 1 heterocycles. The number of benzene rings is 2. The Balaban J connectivity index is 1.69. The van der Waals surface area contributed by atoms with Crippen molar-refractivity contribution in [3.05, 3.63) is 60.3 Å². The van der Waals surface area contributed by atoms with Gasteiger partial charge in [0.2, 0.25) is 5.91 Å². The molecular weight excluding hydrogens is 361 g/mol. The number of carbonyl (C=O) groups is 1. The molecule has 0 saturated carbocycles. The molecule has 0 unspecified atom stereocenters. The van der Waals surface area contributed by atoms with E-state index >= 15 is 0 Å². The van der Waals surface area contributed by atoms with Crippen molar-refractivity contribution in [3.63, 3.8) is 0 Å². The van der Waals surface area contributed by atoms with Crippen LogP contribution >= 0.6 is 11.8 Å². The summed E-state index contributed by atoms with van der Waals surface area (Å²) in [6.45, 7) is 2.86. The number of para-hydroxylation sites is 1. The number of aryl methyl sites for hydroxylation is 1. The lowest BCUT2D eigenvalue weighted by atomic mass is 10.2. The minimum atomic E-state index is -4.43. The Hall–Kier alpha value is -2.41. The van der Waals surface area contributed by atoms with Crippen molar-refractivity contribution in [2.45, 2.75) is 24.5 Å². The Morgan fingerprint density at radius 3 is 2.65 bits per heavy atom. The summed E-state index contributed by atoms with van der Waals surface area (Å²) in [6, 6.07) is 12.6.